The van der Waals surface area contributed by atoms with Crippen LogP contribution in [0.4, 0.5) is 0 Å². The van der Waals surface area contributed by atoms with E-state index >= 15 is 0 Å². The molecule has 1 aromatic heterocycles. The fraction of sp³-hybridized carbons (Fsp3) is 0.812. The number of nitrogens with zero attached hydrogens (tertiary/aromatic N) is 2. The first kappa shape index (κ1) is 13.6. The Balaban J connectivity index is 2.09. The number of aromatic nitrogens is 2. The molecule has 0 aromatic carbocycles. The standard InChI is InChI=1S/C16H28N2/c1-4-6-9-14(5-2)12-18-13(3)17-15-10-7-8-11-16(15)18/h14H,4-12H2,1-3H3. The fourth-order valence-corrected chi connectivity index (χ4v) is 3.15. The van der Waals surface area contributed by atoms with Gasteiger partial charge in [0.1, 0.15) is 5.82 Å². The van der Waals surface area contributed by atoms with E-state index in [1.54, 1.807) is 5.69 Å². The largest absolute Gasteiger partial charge is 0.332 e. The van der Waals surface area contributed by atoms with Crippen molar-refractivity contribution in [3.63, 3.8) is 0 Å². The summed E-state index contributed by atoms with van der Waals surface area (Å²) in [6, 6.07) is 0. The molecule has 0 aliphatic heterocycles. The molecule has 0 amide bonds. The molecule has 0 N–H and O–H groups in total. The van der Waals surface area contributed by atoms with Crippen LogP contribution in [0.15, 0.2) is 0 Å². The van der Waals surface area contributed by atoms with Crippen LogP contribution in [0.1, 0.15) is 69.6 Å². The fourth-order valence-electron chi connectivity index (χ4n) is 3.15. The molecule has 1 unspecified atom stereocenters. The van der Waals surface area contributed by atoms with Crippen molar-refractivity contribution in [2.45, 2.75) is 78.7 Å². The monoisotopic (exact) mass is 248 g/mol. The van der Waals surface area contributed by atoms with Crippen LogP contribution >= 0.6 is 0 Å². The van der Waals surface area contributed by atoms with Crippen LogP contribution in [0.2, 0.25) is 0 Å². The Morgan fingerprint density at radius 2 is 2.00 bits per heavy atom. The van der Waals surface area contributed by atoms with Gasteiger partial charge in [0.15, 0.2) is 0 Å². The number of hydrogen-bond acceptors (Lipinski definition) is 1. The van der Waals surface area contributed by atoms with Crippen molar-refractivity contribution in [3.05, 3.63) is 17.2 Å². The third-order valence-electron chi connectivity index (χ3n) is 4.41. The molecular weight excluding hydrogens is 220 g/mol. The van der Waals surface area contributed by atoms with E-state index in [9.17, 15) is 0 Å². The lowest BCUT2D eigenvalue weighted by Gasteiger charge is -2.20. The summed E-state index contributed by atoms with van der Waals surface area (Å²) in [6.45, 7) is 8.01. The third kappa shape index (κ3) is 2.96. The maximum Gasteiger partial charge on any atom is 0.106 e. The summed E-state index contributed by atoms with van der Waals surface area (Å²) in [6.07, 6.45) is 10.5. The van der Waals surface area contributed by atoms with Crippen molar-refractivity contribution in [2.75, 3.05) is 0 Å². The summed E-state index contributed by atoms with van der Waals surface area (Å²) in [5, 5.41) is 0. The molecule has 2 heteroatoms. The Bertz CT molecular complexity index is 379. The quantitative estimate of drug-likeness (QED) is 0.734. The summed E-state index contributed by atoms with van der Waals surface area (Å²) in [7, 11) is 0. The highest BCUT2D eigenvalue weighted by atomic mass is 15.1. The van der Waals surface area contributed by atoms with Gasteiger partial charge in [0.25, 0.3) is 0 Å². The van der Waals surface area contributed by atoms with Gasteiger partial charge in [-0.2, -0.15) is 0 Å². The minimum absolute atomic E-state index is 0.837. The van der Waals surface area contributed by atoms with Gasteiger partial charge in [0.2, 0.25) is 0 Å². The van der Waals surface area contributed by atoms with E-state index in [1.165, 1.54) is 69.4 Å². The minimum Gasteiger partial charge on any atom is -0.332 e. The summed E-state index contributed by atoms with van der Waals surface area (Å²) in [4.78, 5) is 4.78. The van der Waals surface area contributed by atoms with E-state index in [4.69, 9.17) is 4.98 Å². The molecule has 0 spiro atoms. The maximum atomic E-state index is 4.78. The molecule has 2 rings (SSSR count). The summed E-state index contributed by atoms with van der Waals surface area (Å²) < 4.78 is 2.53. The highest BCUT2D eigenvalue weighted by Gasteiger charge is 2.19. The molecule has 1 aliphatic rings. The van der Waals surface area contributed by atoms with Gasteiger partial charge in [0, 0.05) is 12.2 Å². The lowest BCUT2D eigenvalue weighted by atomic mass is 9.97. The maximum absolute atomic E-state index is 4.78. The second kappa shape index (κ2) is 6.40. The zero-order valence-electron chi connectivity index (χ0n) is 12.3. The molecule has 2 nitrogen and oxygen atoms in total. The highest BCUT2D eigenvalue weighted by molar-refractivity contribution is 5.19. The Labute approximate surface area is 112 Å². The van der Waals surface area contributed by atoms with Crippen LogP contribution in [0.5, 0.6) is 0 Å². The smallest absolute Gasteiger partial charge is 0.106 e. The van der Waals surface area contributed by atoms with Gasteiger partial charge in [-0.3, -0.25) is 0 Å². The first-order valence-electron chi connectivity index (χ1n) is 7.81. The average molecular weight is 248 g/mol. The lowest BCUT2D eigenvalue weighted by Crippen LogP contribution is -2.15. The van der Waals surface area contributed by atoms with Crippen molar-refractivity contribution >= 4 is 0 Å². The first-order chi connectivity index (χ1) is 8.76. The molecule has 0 saturated carbocycles. The molecule has 102 valence electrons. The molecule has 1 aliphatic carbocycles. The van der Waals surface area contributed by atoms with Crippen molar-refractivity contribution in [3.8, 4) is 0 Å². The van der Waals surface area contributed by atoms with Gasteiger partial charge in [-0.05, 0) is 44.9 Å². The van der Waals surface area contributed by atoms with Gasteiger partial charge >= 0.3 is 0 Å². The van der Waals surface area contributed by atoms with E-state index in [0.29, 0.717) is 0 Å². The second-order valence-electron chi connectivity index (χ2n) is 5.79. The number of aryl methyl sites for hydroxylation is 2. The van der Waals surface area contributed by atoms with Gasteiger partial charge in [-0.25, -0.2) is 4.98 Å². The normalized spacial score (nSPS) is 16.6. The Hall–Kier alpha value is -0.790. The number of fused-ring (bicyclic) bond motifs is 1. The third-order valence-corrected chi connectivity index (χ3v) is 4.41. The van der Waals surface area contributed by atoms with Crippen molar-refractivity contribution < 1.29 is 0 Å². The van der Waals surface area contributed by atoms with Crippen LogP contribution in [-0.4, -0.2) is 9.55 Å². The van der Waals surface area contributed by atoms with Gasteiger partial charge in [-0.1, -0.05) is 33.1 Å². The number of unbranched alkanes of at least 4 members (excludes halogenated alkanes) is 1. The minimum atomic E-state index is 0.837. The van der Waals surface area contributed by atoms with E-state index in [1.807, 2.05) is 0 Å². The van der Waals surface area contributed by atoms with Crippen LogP contribution in [0, 0.1) is 12.8 Å². The summed E-state index contributed by atoms with van der Waals surface area (Å²) in [5.41, 5.74) is 2.94. The van der Waals surface area contributed by atoms with Crippen LogP contribution in [-0.2, 0) is 19.4 Å². The number of imidazole rings is 1. The van der Waals surface area contributed by atoms with Gasteiger partial charge in [-0.15, -0.1) is 0 Å². The Morgan fingerprint density at radius 3 is 2.72 bits per heavy atom. The van der Waals surface area contributed by atoms with Crippen molar-refractivity contribution in [2.24, 2.45) is 5.92 Å². The molecule has 0 radical (unpaired) electrons. The predicted octanol–water partition coefficient (Wildman–Crippen LogP) is 4.29. The zero-order chi connectivity index (χ0) is 13.0. The van der Waals surface area contributed by atoms with Gasteiger partial charge < -0.3 is 4.57 Å². The molecule has 1 atom stereocenters. The zero-order valence-corrected chi connectivity index (χ0v) is 12.3. The summed E-state index contributed by atoms with van der Waals surface area (Å²) >= 11 is 0. The second-order valence-corrected chi connectivity index (χ2v) is 5.79. The van der Waals surface area contributed by atoms with Gasteiger partial charge in [0.05, 0.1) is 5.69 Å². The Kier molecular flexibility index (Phi) is 4.85. The molecule has 0 bridgehead atoms. The average Bonchev–Trinajstić information content (AvgIpc) is 2.70. The van der Waals surface area contributed by atoms with E-state index in [-0.39, 0.29) is 0 Å². The molecule has 1 heterocycles. The molecular formula is C16H28N2. The number of rotatable bonds is 6. The topological polar surface area (TPSA) is 17.8 Å². The van der Waals surface area contributed by atoms with Crippen LogP contribution in [0.25, 0.3) is 0 Å². The molecule has 18 heavy (non-hydrogen) atoms. The highest BCUT2D eigenvalue weighted by Crippen LogP contribution is 2.24. The first-order valence-corrected chi connectivity index (χ1v) is 7.81. The van der Waals surface area contributed by atoms with E-state index in [0.717, 1.165) is 5.92 Å². The van der Waals surface area contributed by atoms with E-state index in [2.05, 4.69) is 25.3 Å². The van der Waals surface area contributed by atoms with Crippen molar-refractivity contribution in [1.29, 1.82) is 0 Å². The van der Waals surface area contributed by atoms with Crippen molar-refractivity contribution in [1.82, 2.24) is 9.55 Å². The Morgan fingerprint density at radius 1 is 1.22 bits per heavy atom. The van der Waals surface area contributed by atoms with E-state index < -0.39 is 0 Å². The number of hydrogen-bond donors (Lipinski definition) is 0. The molecule has 1 aromatic rings. The predicted molar refractivity (Wildman–Crippen MR) is 76.9 cm³/mol. The molecule has 0 fully saturated rings. The SMILES string of the molecule is CCCCC(CC)Cn1c(C)nc2c1CCCC2. The van der Waals surface area contributed by atoms with Crippen LogP contribution in [0.3, 0.4) is 0 Å². The lowest BCUT2D eigenvalue weighted by molar-refractivity contribution is 0.380. The van der Waals surface area contributed by atoms with Crippen LogP contribution < -0.4 is 0 Å². The summed E-state index contributed by atoms with van der Waals surface area (Å²) in [5.74, 6) is 2.08. The molecule has 0 saturated heterocycles.